The zero-order valence-corrected chi connectivity index (χ0v) is 9.61. The lowest BCUT2D eigenvalue weighted by Crippen LogP contribution is -2.04. The number of hydrogen-bond donors (Lipinski definition) is 1. The molecule has 2 rings (SSSR count). The van der Waals surface area contributed by atoms with Gasteiger partial charge >= 0.3 is 5.97 Å². The molecule has 4 nitrogen and oxygen atoms in total. The maximum Gasteiger partial charge on any atom is 0.338 e. The maximum atomic E-state index is 11.4. The van der Waals surface area contributed by atoms with Crippen molar-refractivity contribution in [2.24, 2.45) is 0 Å². The van der Waals surface area contributed by atoms with Crippen molar-refractivity contribution in [3.05, 3.63) is 23.8 Å². The predicted octanol–water partition coefficient (Wildman–Crippen LogP) is 1.96. The predicted molar refractivity (Wildman–Crippen MR) is 60.0 cm³/mol. The van der Waals surface area contributed by atoms with Crippen LogP contribution in [0.2, 0.25) is 0 Å². The summed E-state index contributed by atoms with van der Waals surface area (Å²) in [7, 11) is 0.0640. The van der Waals surface area contributed by atoms with Crippen molar-refractivity contribution in [2.75, 3.05) is 11.3 Å². The highest BCUT2D eigenvalue weighted by atomic mass is 33.1. The Kier molecular flexibility index (Phi) is 2.97. The summed E-state index contributed by atoms with van der Waals surface area (Å²) in [5.41, 5.74) is 1.29. The second-order valence-corrected chi connectivity index (χ2v) is 5.54. The van der Waals surface area contributed by atoms with Gasteiger partial charge in [0.1, 0.15) is 0 Å². The molecule has 6 heteroatoms. The van der Waals surface area contributed by atoms with Crippen LogP contribution in [-0.2, 0) is 14.8 Å². The molecule has 0 fully saturated rings. The molecule has 0 saturated carbocycles. The monoisotopic (exact) mass is 243 g/mol. The van der Waals surface area contributed by atoms with E-state index in [1.807, 2.05) is 0 Å². The lowest BCUT2D eigenvalue weighted by molar-refractivity contribution is 0.0526. The quantitative estimate of drug-likeness (QED) is 0.637. The molecule has 1 aliphatic heterocycles. The van der Waals surface area contributed by atoms with Gasteiger partial charge in [-0.2, -0.15) is 0 Å². The summed E-state index contributed by atoms with van der Waals surface area (Å²) >= 11 is 0. The Morgan fingerprint density at radius 2 is 2.40 bits per heavy atom. The summed E-state index contributed by atoms with van der Waals surface area (Å²) in [5.74, 6) is -0.349. The van der Waals surface area contributed by atoms with Gasteiger partial charge in [-0.25, -0.2) is 9.00 Å². The molecule has 1 aliphatic rings. The Morgan fingerprint density at radius 3 is 3.13 bits per heavy atom. The first-order valence-corrected chi connectivity index (χ1v) is 6.87. The highest BCUT2D eigenvalue weighted by Gasteiger charge is 2.19. The van der Waals surface area contributed by atoms with Gasteiger partial charge in [-0.15, -0.1) is 0 Å². The minimum Gasteiger partial charge on any atom is -0.462 e. The minimum absolute atomic E-state index is 0.349. The van der Waals surface area contributed by atoms with Gasteiger partial charge in [-0.3, -0.25) is 4.72 Å². The zero-order chi connectivity index (χ0) is 10.8. The van der Waals surface area contributed by atoms with Gasteiger partial charge in [0.05, 0.1) is 17.9 Å². The second-order valence-electron chi connectivity index (χ2n) is 2.85. The molecule has 1 aromatic rings. The topological polar surface area (TPSA) is 55.4 Å². The van der Waals surface area contributed by atoms with E-state index in [0.29, 0.717) is 12.2 Å². The number of nitrogens with one attached hydrogen (secondary N) is 1. The highest BCUT2D eigenvalue weighted by Crippen LogP contribution is 2.37. The fourth-order valence-corrected chi connectivity index (χ4v) is 3.52. The Labute approximate surface area is 93.4 Å². The number of fused-ring (bicyclic) bond motifs is 1. The minimum atomic E-state index is -1.13. The molecule has 0 saturated heterocycles. The van der Waals surface area contributed by atoms with E-state index < -0.39 is 10.0 Å². The Hall–Kier alpha value is -1.01. The average molecular weight is 243 g/mol. The second kappa shape index (κ2) is 4.24. The van der Waals surface area contributed by atoms with Crippen molar-refractivity contribution in [1.29, 1.82) is 0 Å². The fourth-order valence-electron chi connectivity index (χ4n) is 1.21. The number of hydrogen-bond acceptors (Lipinski definition) is 4. The molecule has 0 spiro atoms. The van der Waals surface area contributed by atoms with Crippen molar-refractivity contribution >= 4 is 32.5 Å². The highest BCUT2D eigenvalue weighted by molar-refractivity contribution is 8.70. The number of esters is 1. The van der Waals surface area contributed by atoms with Crippen molar-refractivity contribution in [1.82, 2.24) is 0 Å². The van der Waals surface area contributed by atoms with Crippen molar-refractivity contribution in [3.63, 3.8) is 0 Å². The van der Waals surface area contributed by atoms with Gasteiger partial charge in [0.15, 0.2) is 10.0 Å². The lowest BCUT2D eigenvalue weighted by Gasteiger charge is -2.02. The number of anilines is 1. The summed E-state index contributed by atoms with van der Waals surface area (Å²) in [6, 6.07) is 5.09. The van der Waals surface area contributed by atoms with E-state index in [9.17, 15) is 9.00 Å². The van der Waals surface area contributed by atoms with Gasteiger partial charge in [-0.1, -0.05) is 0 Å². The van der Waals surface area contributed by atoms with Crippen LogP contribution in [0, 0.1) is 0 Å². The van der Waals surface area contributed by atoms with Gasteiger partial charge in [0.2, 0.25) is 0 Å². The normalized spacial score (nSPS) is 18.1. The molecule has 0 bridgehead atoms. The van der Waals surface area contributed by atoms with Crippen LogP contribution >= 0.6 is 10.8 Å². The fraction of sp³-hybridized carbons (Fsp3) is 0.222. The maximum absolute atomic E-state index is 11.4. The van der Waals surface area contributed by atoms with Gasteiger partial charge < -0.3 is 4.74 Å². The van der Waals surface area contributed by atoms with E-state index in [2.05, 4.69) is 4.72 Å². The molecule has 0 aromatic heterocycles. The summed E-state index contributed by atoms with van der Waals surface area (Å²) in [5, 5.41) is 0. The van der Waals surface area contributed by atoms with E-state index in [-0.39, 0.29) is 5.97 Å². The third kappa shape index (κ3) is 2.15. The van der Waals surface area contributed by atoms with Crippen molar-refractivity contribution in [2.45, 2.75) is 11.8 Å². The first-order chi connectivity index (χ1) is 7.20. The van der Waals surface area contributed by atoms with Crippen LogP contribution in [0.4, 0.5) is 5.69 Å². The van der Waals surface area contributed by atoms with E-state index >= 15 is 0 Å². The summed E-state index contributed by atoms with van der Waals surface area (Å²) in [4.78, 5) is 12.2. The van der Waals surface area contributed by atoms with Crippen molar-refractivity contribution in [3.8, 4) is 0 Å². The number of rotatable bonds is 2. The molecule has 1 unspecified atom stereocenters. The van der Waals surface area contributed by atoms with Crippen LogP contribution in [0.1, 0.15) is 17.3 Å². The van der Waals surface area contributed by atoms with E-state index in [4.69, 9.17) is 4.74 Å². The van der Waals surface area contributed by atoms with Crippen LogP contribution < -0.4 is 4.72 Å². The summed E-state index contributed by atoms with van der Waals surface area (Å²) < 4.78 is 18.8. The molecule has 15 heavy (non-hydrogen) atoms. The number of benzene rings is 1. The summed E-state index contributed by atoms with van der Waals surface area (Å²) in [6.07, 6.45) is 0. The third-order valence-corrected chi connectivity index (χ3v) is 4.15. The van der Waals surface area contributed by atoms with Crippen LogP contribution in [0.5, 0.6) is 0 Å². The first kappa shape index (κ1) is 10.5. The van der Waals surface area contributed by atoms with Crippen molar-refractivity contribution < 1.29 is 13.7 Å². The molecular weight excluding hydrogens is 234 g/mol. The van der Waals surface area contributed by atoms with Crippen LogP contribution in [0.15, 0.2) is 23.1 Å². The van der Waals surface area contributed by atoms with E-state index in [1.165, 1.54) is 10.8 Å². The van der Waals surface area contributed by atoms with Crippen LogP contribution in [0.25, 0.3) is 0 Å². The molecule has 0 radical (unpaired) electrons. The number of ether oxygens (including phenoxy) is 1. The lowest BCUT2D eigenvalue weighted by atomic mass is 10.2. The summed E-state index contributed by atoms with van der Waals surface area (Å²) in [6.45, 7) is 2.11. The molecule has 1 atom stereocenters. The largest absolute Gasteiger partial charge is 0.462 e. The number of carbonyl (C=O) groups is 1. The van der Waals surface area contributed by atoms with Gasteiger partial charge in [0.25, 0.3) is 0 Å². The van der Waals surface area contributed by atoms with Crippen LogP contribution in [0.3, 0.4) is 0 Å². The van der Waals surface area contributed by atoms with E-state index in [0.717, 1.165) is 10.6 Å². The van der Waals surface area contributed by atoms with Gasteiger partial charge in [0, 0.05) is 4.90 Å². The Morgan fingerprint density at radius 1 is 1.60 bits per heavy atom. The zero-order valence-electron chi connectivity index (χ0n) is 7.98. The molecule has 1 heterocycles. The molecule has 0 amide bonds. The smallest absolute Gasteiger partial charge is 0.338 e. The van der Waals surface area contributed by atoms with E-state index in [1.54, 1.807) is 25.1 Å². The molecule has 1 aromatic carbocycles. The number of carbonyl (C=O) groups excluding carboxylic acids is 1. The third-order valence-electron chi connectivity index (χ3n) is 1.85. The average Bonchev–Trinajstić information content (AvgIpc) is 2.57. The standard InChI is InChI=1S/C9H9NO3S2/c1-2-13-9(11)6-3-4-7-8(5-6)14-15(12)10-7/h3-5,10H,2H2,1H3. The Bertz CT molecular complexity index is 433. The van der Waals surface area contributed by atoms with Gasteiger partial charge in [-0.05, 0) is 35.9 Å². The van der Waals surface area contributed by atoms with Crippen LogP contribution in [-0.4, -0.2) is 16.8 Å². The molecule has 1 N–H and O–H groups in total. The Balaban J connectivity index is 2.27. The molecule has 0 aliphatic carbocycles. The molecule has 80 valence electrons. The first-order valence-electron chi connectivity index (χ1n) is 4.38. The molecular formula is C9H9NO3S2. The SMILES string of the molecule is CCOC(=O)c1ccc2c(c1)SS(=O)N2.